The van der Waals surface area contributed by atoms with Crippen LogP contribution in [0.25, 0.3) is 11.1 Å². The summed E-state index contributed by atoms with van der Waals surface area (Å²) >= 11 is 0. The maximum absolute atomic E-state index is 10.7. The average molecular weight is 366 g/mol. The Morgan fingerprint density at radius 2 is 1.07 bits per heavy atom. The summed E-state index contributed by atoms with van der Waals surface area (Å²) in [5, 5.41) is 21.2. The van der Waals surface area contributed by atoms with Crippen LogP contribution in [-0.4, -0.2) is 10.2 Å². The van der Waals surface area contributed by atoms with Crippen molar-refractivity contribution in [3.63, 3.8) is 0 Å². The van der Waals surface area contributed by atoms with Gasteiger partial charge in [-0.25, -0.2) is 0 Å². The third-order valence-corrected chi connectivity index (χ3v) is 5.02. The predicted octanol–water partition coefficient (Wildman–Crippen LogP) is 5.95. The van der Waals surface area contributed by atoms with Gasteiger partial charge in [0.25, 0.3) is 0 Å². The Labute approximate surface area is 165 Å². The largest absolute Gasteiger partial charge is 0.507 e. The molecule has 138 valence electrons. The second kappa shape index (κ2) is 8.01. The molecule has 0 saturated carbocycles. The van der Waals surface area contributed by atoms with E-state index >= 15 is 0 Å². The third kappa shape index (κ3) is 3.77. The lowest BCUT2D eigenvalue weighted by Crippen LogP contribution is -2.01. The first-order chi connectivity index (χ1) is 13.7. The molecule has 4 aromatic carbocycles. The van der Waals surface area contributed by atoms with Crippen molar-refractivity contribution in [3.8, 4) is 22.6 Å². The van der Waals surface area contributed by atoms with Gasteiger partial charge in [-0.3, -0.25) is 0 Å². The fraction of sp³-hybridized carbons (Fsp3) is 0.0769. The van der Waals surface area contributed by atoms with Crippen molar-refractivity contribution in [2.75, 3.05) is 0 Å². The van der Waals surface area contributed by atoms with Crippen molar-refractivity contribution >= 4 is 0 Å². The summed E-state index contributed by atoms with van der Waals surface area (Å²) in [5.74, 6) is 0.355. The Kier molecular flexibility index (Phi) is 5.11. The smallest absolute Gasteiger partial charge is 0.123 e. The standard InChI is InChI=1S/C26H22O2/c27-24-14-8-7-13-22(24)26-23(18-20-11-5-2-6-12-20)21(15-16-25(26)28)17-19-9-3-1-4-10-19/h1-16,27-28H,17-18H2. The van der Waals surface area contributed by atoms with Crippen molar-refractivity contribution in [1.82, 2.24) is 0 Å². The number of benzene rings is 4. The first kappa shape index (κ1) is 17.9. The summed E-state index contributed by atoms with van der Waals surface area (Å²) in [6.45, 7) is 0. The van der Waals surface area contributed by atoms with E-state index in [4.69, 9.17) is 0 Å². The molecule has 0 fully saturated rings. The molecule has 0 aliphatic rings. The molecule has 0 amide bonds. The second-order valence-electron chi connectivity index (χ2n) is 6.94. The Morgan fingerprint density at radius 3 is 1.71 bits per heavy atom. The van der Waals surface area contributed by atoms with E-state index in [1.807, 2.05) is 54.6 Å². The van der Waals surface area contributed by atoms with E-state index in [1.165, 1.54) is 11.1 Å². The van der Waals surface area contributed by atoms with Gasteiger partial charge in [0.2, 0.25) is 0 Å². The number of rotatable bonds is 5. The van der Waals surface area contributed by atoms with Gasteiger partial charge in [0.1, 0.15) is 11.5 Å². The summed E-state index contributed by atoms with van der Waals surface area (Å²) < 4.78 is 0. The Morgan fingerprint density at radius 1 is 0.500 bits per heavy atom. The van der Waals surface area contributed by atoms with Crippen LogP contribution in [0.3, 0.4) is 0 Å². The number of phenols is 2. The summed E-state index contributed by atoms with van der Waals surface area (Å²) in [6, 6.07) is 31.4. The molecular weight excluding hydrogens is 344 g/mol. The van der Waals surface area contributed by atoms with Gasteiger partial charge in [0.05, 0.1) is 0 Å². The highest BCUT2D eigenvalue weighted by Gasteiger charge is 2.18. The molecule has 2 nitrogen and oxygen atoms in total. The first-order valence-corrected chi connectivity index (χ1v) is 9.42. The Hall–Kier alpha value is -3.52. The molecule has 0 saturated heterocycles. The fourth-order valence-electron chi connectivity index (χ4n) is 3.65. The van der Waals surface area contributed by atoms with E-state index in [0.717, 1.165) is 17.5 Å². The van der Waals surface area contributed by atoms with Gasteiger partial charge < -0.3 is 10.2 Å². The number of hydrogen-bond acceptors (Lipinski definition) is 2. The van der Waals surface area contributed by atoms with Gasteiger partial charge in [-0.2, -0.15) is 0 Å². The van der Waals surface area contributed by atoms with Crippen LogP contribution in [0.1, 0.15) is 22.3 Å². The molecule has 4 rings (SSSR count). The van der Waals surface area contributed by atoms with Crippen LogP contribution >= 0.6 is 0 Å². The van der Waals surface area contributed by atoms with Gasteiger partial charge >= 0.3 is 0 Å². The normalized spacial score (nSPS) is 10.7. The van der Waals surface area contributed by atoms with Gasteiger partial charge in [-0.15, -0.1) is 0 Å². The monoisotopic (exact) mass is 366 g/mol. The van der Waals surface area contributed by atoms with E-state index in [0.29, 0.717) is 17.5 Å². The molecule has 2 N–H and O–H groups in total. The zero-order chi connectivity index (χ0) is 19.3. The van der Waals surface area contributed by atoms with E-state index in [-0.39, 0.29) is 11.5 Å². The number of para-hydroxylation sites is 1. The minimum atomic E-state index is 0.170. The maximum atomic E-state index is 10.7. The van der Waals surface area contributed by atoms with Crippen molar-refractivity contribution < 1.29 is 10.2 Å². The quantitative estimate of drug-likeness (QED) is 0.458. The first-order valence-electron chi connectivity index (χ1n) is 9.42. The van der Waals surface area contributed by atoms with Gasteiger partial charge in [0, 0.05) is 11.1 Å². The molecule has 0 aliphatic heterocycles. The molecule has 28 heavy (non-hydrogen) atoms. The maximum Gasteiger partial charge on any atom is 0.123 e. The van der Waals surface area contributed by atoms with Crippen LogP contribution in [0, 0.1) is 0 Å². The lowest BCUT2D eigenvalue weighted by atomic mass is 9.87. The van der Waals surface area contributed by atoms with Crippen molar-refractivity contribution in [1.29, 1.82) is 0 Å². The van der Waals surface area contributed by atoms with Crippen LogP contribution in [-0.2, 0) is 12.8 Å². The number of hydrogen-bond donors (Lipinski definition) is 2. The van der Waals surface area contributed by atoms with Crippen LogP contribution in [0.5, 0.6) is 11.5 Å². The summed E-state index contributed by atoms with van der Waals surface area (Å²) in [5.41, 5.74) is 5.92. The minimum absolute atomic E-state index is 0.170. The summed E-state index contributed by atoms with van der Waals surface area (Å²) in [4.78, 5) is 0. The highest BCUT2D eigenvalue weighted by Crippen LogP contribution is 2.40. The van der Waals surface area contributed by atoms with E-state index in [1.54, 1.807) is 18.2 Å². The van der Waals surface area contributed by atoms with Crippen LogP contribution in [0.4, 0.5) is 0 Å². The van der Waals surface area contributed by atoms with E-state index in [2.05, 4.69) is 24.3 Å². The van der Waals surface area contributed by atoms with Gasteiger partial charge in [-0.05, 0) is 47.2 Å². The highest BCUT2D eigenvalue weighted by molar-refractivity contribution is 5.79. The fourth-order valence-corrected chi connectivity index (χ4v) is 3.65. The molecule has 0 aliphatic carbocycles. The zero-order valence-corrected chi connectivity index (χ0v) is 15.5. The zero-order valence-electron chi connectivity index (χ0n) is 15.5. The number of phenolic OH excluding ortho intramolecular Hbond substituents is 2. The lowest BCUT2D eigenvalue weighted by Gasteiger charge is -2.18. The highest BCUT2D eigenvalue weighted by atomic mass is 16.3. The Balaban J connectivity index is 1.89. The summed E-state index contributed by atoms with van der Waals surface area (Å²) in [6.07, 6.45) is 1.45. The van der Waals surface area contributed by atoms with Crippen molar-refractivity contribution in [2.24, 2.45) is 0 Å². The summed E-state index contributed by atoms with van der Waals surface area (Å²) in [7, 11) is 0. The molecule has 4 aromatic rings. The lowest BCUT2D eigenvalue weighted by molar-refractivity contribution is 0.468. The molecule has 0 unspecified atom stereocenters. The molecule has 0 radical (unpaired) electrons. The van der Waals surface area contributed by atoms with Gasteiger partial charge in [-0.1, -0.05) is 84.9 Å². The molecular formula is C26H22O2. The molecule has 0 spiro atoms. The molecule has 0 bridgehead atoms. The van der Waals surface area contributed by atoms with Crippen LogP contribution in [0.2, 0.25) is 0 Å². The molecule has 0 heterocycles. The molecule has 2 heteroatoms. The SMILES string of the molecule is Oc1ccccc1-c1c(O)ccc(Cc2ccccc2)c1Cc1ccccc1. The average Bonchev–Trinajstić information content (AvgIpc) is 2.73. The van der Waals surface area contributed by atoms with E-state index < -0.39 is 0 Å². The predicted molar refractivity (Wildman–Crippen MR) is 114 cm³/mol. The minimum Gasteiger partial charge on any atom is -0.507 e. The van der Waals surface area contributed by atoms with Crippen molar-refractivity contribution in [2.45, 2.75) is 12.8 Å². The van der Waals surface area contributed by atoms with Crippen LogP contribution in [0.15, 0.2) is 97.1 Å². The van der Waals surface area contributed by atoms with Gasteiger partial charge in [0.15, 0.2) is 0 Å². The number of aromatic hydroxyl groups is 2. The molecule has 0 aromatic heterocycles. The third-order valence-electron chi connectivity index (χ3n) is 5.02. The van der Waals surface area contributed by atoms with Crippen LogP contribution < -0.4 is 0 Å². The van der Waals surface area contributed by atoms with Crippen molar-refractivity contribution in [3.05, 3.63) is 119 Å². The topological polar surface area (TPSA) is 40.5 Å². The molecule has 0 atom stereocenters. The second-order valence-corrected chi connectivity index (χ2v) is 6.94. The Bertz CT molecular complexity index is 1070. The van der Waals surface area contributed by atoms with E-state index in [9.17, 15) is 10.2 Å².